The lowest BCUT2D eigenvalue weighted by Crippen LogP contribution is -2.33. The molecule has 1 amide bonds. The van der Waals surface area contributed by atoms with Crippen LogP contribution in [0, 0.1) is 5.92 Å². The topological polar surface area (TPSA) is 89.0 Å². The molecule has 5 rings (SSSR count). The van der Waals surface area contributed by atoms with Crippen LogP contribution < -0.4 is 15.4 Å². The van der Waals surface area contributed by atoms with Crippen LogP contribution in [0.1, 0.15) is 37.8 Å². The van der Waals surface area contributed by atoms with Gasteiger partial charge in [-0.1, -0.05) is 11.6 Å². The molecule has 3 aromatic heterocycles. The van der Waals surface area contributed by atoms with Gasteiger partial charge in [0, 0.05) is 29.7 Å². The van der Waals surface area contributed by atoms with E-state index in [1.807, 2.05) is 36.2 Å². The predicted octanol–water partition coefficient (Wildman–Crippen LogP) is 5.56. The van der Waals surface area contributed by atoms with Crippen molar-refractivity contribution in [3.63, 3.8) is 0 Å². The summed E-state index contributed by atoms with van der Waals surface area (Å²) in [6.07, 6.45) is 7.91. The Morgan fingerprint density at radius 2 is 2.06 bits per heavy atom. The molecular weight excluding hydrogens is 502 g/mol. The molecular formula is C25H28ClN5O2S2. The molecule has 0 spiro atoms. The first kappa shape index (κ1) is 24.6. The van der Waals surface area contributed by atoms with E-state index in [9.17, 15) is 4.79 Å². The fourth-order valence-electron chi connectivity index (χ4n) is 4.55. The molecule has 1 aliphatic heterocycles. The van der Waals surface area contributed by atoms with Crippen molar-refractivity contribution in [3.8, 4) is 5.88 Å². The van der Waals surface area contributed by atoms with Gasteiger partial charge in [-0.05, 0) is 62.0 Å². The molecule has 0 aromatic carbocycles. The summed E-state index contributed by atoms with van der Waals surface area (Å²) in [6.45, 7) is 0.617. The van der Waals surface area contributed by atoms with Crippen LogP contribution in [0.5, 0.6) is 5.88 Å². The number of anilines is 1. The standard InChI is InChI=1S/C25H28ClN5O2S2/c1-33-24-7-6-19-20(29-24)10-17(12-28-19)34-9-8-15-2-4-16(5-3-15)27-13-21-18(26)11-22-25(30-21)31-23(32)14-35-22/h6-7,10-12,15-16,27H,2-5,8-9,13-14H2,1H3,(H,30,31,32). The number of carbonyl (C=O) groups excluding carboxylic acids is 1. The fourth-order valence-corrected chi connectivity index (χ4v) is 6.63. The Morgan fingerprint density at radius 3 is 2.89 bits per heavy atom. The van der Waals surface area contributed by atoms with Gasteiger partial charge < -0.3 is 15.4 Å². The molecule has 1 aliphatic carbocycles. The van der Waals surface area contributed by atoms with Crippen molar-refractivity contribution in [1.82, 2.24) is 20.3 Å². The van der Waals surface area contributed by atoms with Gasteiger partial charge in [0.2, 0.25) is 11.8 Å². The van der Waals surface area contributed by atoms with Gasteiger partial charge in [0.1, 0.15) is 5.82 Å². The van der Waals surface area contributed by atoms with E-state index in [2.05, 4.69) is 31.7 Å². The molecule has 1 fully saturated rings. The van der Waals surface area contributed by atoms with E-state index in [-0.39, 0.29) is 5.91 Å². The average molecular weight is 530 g/mol. The van der Waals surface area contributed by atoms with E-state index in [1.165, 1.54) is 31.0 Å². The minimum atomic E-state index is -0.0125. The van der Waals surface area contributed by atoms with Crippen LogP contribution in [0.3, 0.4) is 0 Å². The first-order valence-electron chi connectivity index (χ1n) is 11.9. The van der Waals surface area contributed by atoms with Gasteiger partial charge in [-0.15, -0.1) is 23.5 Å². The minimum Gasteiger partial charge on any atom is -0.481 e. The summed E-state index contributed by atoms with van der Waals surface area (Å²) in [5.41, 5.74) is 2.55. The van der Waals surface area contributed by atoms with Gasteiger partial charge in [0.25, 0.3) is 0 Å². The maximum absolute atomic E-state index is 11.7. The first-order chi connectivity index (χ1) is 17.1. The molecule has 10 heteroatoms. The van der Waals surface area contributed by atoms with E-state index in [0.717, 1.165) is 51.0 Å². The number of rotatable bonds is 8. The van der Waals surface area contributed by atoms with Crippen molar-refractivity contribution in [1.29, 1.82) is 0 Å². The van der Waals surface area contributed by atoms with Crippen LogP contribution in [0.4, 0.5) is 5.82 Å². The van der Waals surface area contributed by atoms with Crippen LogP contribution in [-0.4, -0.2) is 45.5 Å². The lowest BCUT2D eigenvalue weighted by Gasteiger charge is -2.29. The summed E-state index contributed by atoms with van der Waals surface area (Å²) in [5, 5.41) is 7.13. The van der Waals surface area contributed by atoms with Crippen LogP contribution in [0.25, 0.3) is 11.0 Å². The summed E-state index contributed by atoms with van der Waals surface area (Å²) in [5.74, 6) is 3.48. The van der Waals surface area contributed by atoms with Crippen molar-refractivity contribution in [3.05, 3.63) is 41.2 Å². The number of methoxy groups -OCH3 is 1. The number of pyridine rings is 3. The normalized spacial score (nSPS) is 19.9. The third-order valence-electron chi connectivity index (χ3n) is 6.53. The largest absolute Gasteiger partial charge is 0.481 e. The van der Waals surface area contributed by atoms with Crippen molar-refractivity contribution < 1.29 is 9.53 Å². The molecule has 0 radical (unpaired) electrons. The van der Waals surface area contributed by atoms with E-state index in [1.54, 1.807) is 7.11 Å². The first-order valence-corrected chi connectivity index (χ1v) is 14.2. The number of hydrogen-bond acceptors (Lipinski definition) is 8. The predicted molar refractivity (Wildman–Crippen MR) is 143 cm³/mol. The Hall–Kier alpha value is -2.07. The van der Waals surface area contributed by atoms with Crippen molar-refractivity contribution in [2.45, 2.75) is 54.5 Å². The van der Waals surface area contributed by atoms with Crippen molar-refractivity contribution >= 4 is 57.9 Å². The Kier molecular flexibility index (Phi) is 7.97. The third kappa shape index (κ3) is 6.20. The molecule has 1 saturated carbocycles. The van der Waals surface area contributed by atoms with E-state index in [0.29, 0.717) is 35.1 Å². The zero-order chi connectivity index (χ0) is 24.2. The van der Waals surface area contributed by atoms with Crippen LogP contribution in [0.2, 0.25) is 5.02 Å². The Morgan fingerprint density at radius 1 is 1.20 bits per heavy atom. The molecule has 0 atom stereocenters. The number of thioether (sulfide) groups is 2. The van der Waals surface area contributed by atoms with Gasteiger partial charge in [0.15, 0.2) is 0 Å². The molecule has 2 N–H and O–H groups in total. The Labute approximate surface area is 218 Å². The highest BCUT2D eigenvalue weighted by atomic mass is 35.5. The molecule has 2 aliphatic rings. The van der Waals surface area contributed by atoms with Crippen LogP contribution >= 0.6 is 35.1 Å². The monoisotopic (exact) mass is 529 g/mol. The SMILES string of the molecule is COc1ccc2ncc(SCCC3CCC(NCc4nc5c(cc4Cl)SCC(=O)N5)CC3)cc2n1. The molecule has 7 nitrogen and oxygen atoms in total. The Balaban J connectivity index is 1.06. The molecule has 0 saturated heterocycles. The molecule has 0 unspecified atom stereocenters. The van der Waals surface area contributed by atoms with E-state index in [4.69, 9.17) is 16.3 Å². The number of hydrogen-bond donors (Lipinski definition) is 2. The average Bonchev–Trinajstić information content (AvgIpc) is 2.88. The third-order valence-corrected chi connectivity index (χ3v) is 8.88. The number of nitrogens with one attached hydrogen (secondary N) is 2. The highest BCUT2D eigenvalue weighted by Crippen LogP contribution is 2.34. The summed E-state index contributed by atoms with van der Waals surface area (Å²) in [4.78, 5) is 27.4. The second-order valence-electron chi connectivity index (χ2n) is 8.90. The molecule has 184 valence electrons. The number of amides is 1. The zero-order valence-electron chi connectivity index (χ0n) is 19.6. The van der Waals surface area contributed by atoms with E-state index < -0.39 is 0 Å². The second-order valence-corrected chi connectivity index (χ2v) is 11.5. The Bertz CT molecular complexity index is 1220. The summed E-state index contributed by atoms with van der Waals surface area (Å²) in [7, 11) is 1.63. The lowest BCUT2D eigenvalue weighted by molar-refractivity contribution is -0.113. The van der Waals surface area contributed by atoms with Crippen LogP contribution in [0.15, 0.2) is 40.3 Å². The van der Waals surface area contributed by atoms with E-state index >= 15 is 0 Å². The van der Waals surface area contributed by atoms with Crippen molar-refractivity contribution in [2.75, 3.05) is 23.9 Å². The number of halogens is 1. The molecule has 0 bridgehead atoms. The van der Waals surface area contributed by atoms with Gasteiger partial charge >= 0.3 is 0 Å². The van der Waals surface area contributed by atoms with Gasteiger partial charge in [-0.25, -0.2) is 9.97 Å². The lowest BCUT2D eigenvalue weighted by atomic mass is 9.84. The molecule has 35 heavy (non-hydrogen) atoms. The summed E-state index contributed by atoms with van der Waals surface area (Å²) < 4.78 is 5.23. The number of carbonyl (C=O) groups is 1. The second kappa shape index (κ2) is 11.3. The highest BCUT2D eigenvalue weighted by Gasteiger charge is 2.23. The van der Waals surface area contributed by atoms with Gasteiger partial charge in [0.05, 0.1) is 39.5 Å². The van der Waals surface area contributed by atoms with Crippen molar-refractivity contribution in [2.24, 2.45) is 5.92 Å². The molecule has 4 heterocycles. The fraction of sp³-hybridized carbons (Fsp3) is 0.440. The van der Waals surface area contributed by atoms with Crippen LogP contribution in [-0.2, 0) is 11.3 Å². The number of nitrogens with zero attached hydrogens (tertiary/aromatic N) is 3. The zero-order valence-corrected chi connectivity index (χ0v) is 21.9. The smallest absolute Gasteiger partial charge is 0.235 e. The maximum atomic E-state index is 11.7. The quantitative estimate of drug-likeness (QED) is 0.366. The maximum Gasteiger partial charge on any atom is 0.235 e. The number of aromatic nitrogens is 3. The summed E-state index contributed by atoms with van der Waals surface area (Å²) >= 11 is 9.78. The van der Waals surface area contributed by atoms with Gasteiger partial charge in [-0.2, -0.15) is 0 Å². The summed E-state index contributed by atoms with van der Waals surface area (Å²) in [6, 6.07) is 8.26. The minimum absolute atomic E-state index is 0.0125. The molecule has 3 aromatic rings. The number of fused-ring (bicyclic) bond motifs is 2. The highest BCUT2D eigenvalue weighted by molar-refractivity contribution is 8.00. The van der Waals surface area contributed by atoms with Gasteiger partial charge in [-0.3, -0.25) is 9.78 Å². The number of ether oxygens (including phenoxy) is 1.